The fraction of sp³-hybridized carbons (Fsp3) is 0.600. The lowest BCUT2D eigenvalue weighted by atomic mass is 9.93. The number of anilines is 1. The molecule has 1 aliphatic rings. The van der Waals surface area contributed by atoms with Gasteiger partial charge in [-0.15, -0.1) is 0 Å². The smallest absolute Gasteiger partial charge is 0.293 e. The molecule has 0 bridgehead atoms. The third kappa shape index (κ3) is 5.62. The Kier molecular flexibility index (Phi) is 6.68. The predicted molar refractivity (Wildman–Crippen MR) is 92.7 cm³/mol. The third-order valence-corrected chi connectivity index (χ3v) is 5.38. The number of nitrogens with one attached hydrogen (secondary N) is 1. The van der Waals surface area contributed by atoms with Gasteiger partial charge in [0.25, 0.3) is 5.69 Å². The molecule has 0 atom stereocenters. The Morgan fingerprint density at radius 2 is 2.04 bits per heavy atom. The van der Waals surface area contributed by atoms with E-state index in [1.165, 1.54) is 12.1 Å². The van der Waals surface area contributed by atoms with Gasteiger partial charge in [-0.3, -0.25) is 10.1 Å². The number of hydrogen-bond donors (Lipinski definition) is 2. The maximum Gasteiger partial charge on any atom is 0.293 e. The van der Waals surface area contributed by atoms with E-state index in [0.29, 0.717) is 19.0 Å². The number of halogens is 1. The fourth-order valence-corrected chi connectivity index (χ4v) is 3.55. The highest BCUT2D eigenvalue weighted by Crippen LogP contribution is 2.28. The molecule has 10 heteroatoms. The molecule has 1 aromatic carbocycles. The van der Waals surface area contributed by atoms with Gasteiger partial charge in [0.05, 0.1) is 9.82 Å². The molecule has 2 rings (SSSR count). The van der Waals surface area contributed by atoms with Crippen molar-refractivity contribution >= 4 is 21.4 Å². The molecule has 1 heterocycles. The third-order valence-electron chi connectivity index (χ3n) is 4.47. The number of piperidine rings is 1. The first-order valence-corrected chi connectivity index (χ1v) is 9.69. The minimum Gasteiger partial charge on any atom is -0.379 e. The Labute approximate surface area is 146 Å². The number of alkyl halides is 1. The van der Waals surface area contributed by atoms with Crippen molar-refractivity contribution in [2.45, 2.75) is 24.2 Å². The monoisotopic (exact) mass is 374 g/mol. The lowest BCUT2D eigenvalue weighted by molar-refractivity contribution is -0.384. The number of nitrogens with zero attached hydrogens (tertiary/aromatic N) is 2. The number of hydrogen-bond acceptors (Lipinski definition) is 6. The quantitative estimate of drug-likeness (QED) is 0.528. The Morgan fingerprint density at radius 3 is 2.60 bits per heavy atom. The summed E-state index contributed by atoms with van der Waals surface area (Å²) in [5.41, 5.74) is -0.0449. The molecule has 0 amide bonds. The van der Waals surface area contributed by atoms with E-state index in [9.17, 15) is 22.9 Å². The van der Waals surface area contributed by atoms with E-state index >= 15 is 0 Å². The van der Waals surface area contributed by atoms with Crippen molar-refractivity contribution in [2.24, 2.45) is 11.1 Å². The van der Waals surface area contributed by atoms with E-state index in [-0.39, 0.29) is 22.9 Å². The molecule has 3 N–H and O–H groups in total. The lowest BCUT2D eigenvalue weighted by Crippen LogP contribution is -2.35. The summed E-state index contributed by atoms with van der Waals surface area (Å²) in [5, 5.41) is 19.2. The van der Waals surface area contributed by atoms with Gasteiger partial charge in [-0.1, -0.05) is 0 Å². The van der Waals surface area contributed by atoms with Crippen LogP contribution in [0.15, 0.2) is 23.1 Å². The first-order valence-electron chi connectivity index (χ1n) is 8.14. The summed E-state index contributed by atoms with van der Waals surface area (Å²) in [6.07, 6.45) is 2.81. The van der Waals surface area contributed by atoms with Crippen LogP contribution in [0, 0.1) is 16.0 Å². The normalized spacial score (nSPS) is 16.7. The highest BCUT2D eigenvalue weighted by molar-refractivity contribution is 7.89. The minimum atomic E-state index is -3.99. The molecule has 0 aromatic heterocycles. The van der Waals surface area contributed by atoms with Gasteiger partial charge in [0.2, 0.25) is 10.0 Å². The summed E-state index contributed by atoms with van der Waals surface area (Å²) in [7, 11) is -3.99. The first-order chi connectivity index (χ1) is 11.8. The molecule has 1 fully saturated rings. The standard InChI is InChI=1S/C15H23FN4O4S/c16-6-10-19-8-4-12(5-9-19)3-7-18-14-2-1-13(25(17,23)24)11-15(14)20(21)22/h1-2,11-12,18H,3-10H2,(H2,17,23,24). The number of primary sulfonamides is 1. The van der Waals surface area contributed by atoms with Crippen LogP contribution in [0.5, 0.6) is 0 Å². The highest BCUT2D eigenvalue weighted by atomic mass is 32.2. The second-order valence-corrected chi connectivity index (χ2v) is 7.73. The lowest BCUT2D eigenvalue weighted by Gasteiger charge is -2.31. The maximum atomic E-state index is 12.3. The Hall–Kier alpha value is -1.78. The number of nitro groups is 1. The number of sulfonamides is 1. The predicted octanol–water partition coefficient (Wildman–Crippen LogP) is 1.73. The van der Waals surface area contributed by atoms with Gasteiger partial charge >= 0.3 is 0 Å². The molecule has 1 saturated heterocycles. The molecular weight excluding hydrogens is 351 g/mol. The van der Waals surface area contributed by atoms with Gasteiger partial charge in [-0.2, -0.15) is 0 Å². The Bertz CT molecular complexity index is 705. The van der Waals surface area contributed by atoms with Gasteiger partial charge in [-0.05, 0) is 50.4 Å². The maximum absolute atomic E-state index is 12.3. The fourth-order valence-electron chi connectivity index (χ4n) is 3.02. The van der Waals surface area contributed by atoms with Crippen molar-refractivity contribution in [1.29, 1.82) is 0 Å². The van der Waals surface area contributed by atoms with E-state index in [1.54, 1.807) is 0 Å². The number of nitro benzene ring substituents is 1. The highest BCUT2D eigenvalue weighted by Gasteiger charge is 2.21. The van der Waals surface area contributed by atoms with Crippen LogP contribution in [0.4, 0.5) is 15.8 Å². The molecule has 0 saturated carbocycles. The summed E-state index contributed by atoms with van der Waals surface area (Å²) in [6, 6.07) is 3.58. The van der Waals surface area contributed by atoms with E-state index in [0.717, 1.165) is 38.4 Å². The van der Waals surface area contributed by atoms with Crippen molar-refractivity contribution in [1.82, 2.24) is 4.90 Å². The SMILES string of the molecule is NS(=O)(=O)c1ccc(NCCC2CCN(CCF)CC2)c([N+](=O)[O-])c1. The molecule has 0 spiro atoms. The zero-order chi connectivity index (χ0) is 18.4. The van der Waals surface area contributed by atoms with Crippen LogP contribution in [0.1, 0.15) is 19.3 Å². The Balaban J connectivity index is 1.92. The van der Waals surface area contributed by atoms with E-state index in [4.69, 9.17) is 5.14 Å². The van der Waals surface area contributed by atoms with E-state index in [1.807, 2.05) is 0 Å². The summed E-state index contributed by atoms with van der Waals surface area (Å²) in [5.74, 6) is 0.492. The van der Waals surface area contributed by atoms with Crippen molar-refractivity contribution < 1.29 is 17.7 Å². The van der Waals surface area contributed by atoms with Gasteiger partial charge in [0, 0.05) is 19.2 Å². The molecule has 0 aliphatic carbocycles. The van der Waals surface area contributed by atoms with Crippen LogP contribution in [0.3, 0.4) is 0 Å². The minimum absolute atomic E-state index is 0.271. The average molecular weight is 374 g/mol. The molecule has 25 heavy (non-hydrogen) atoms. The number of rotatable bonds is 8. The zero-order valence-electron chi connectivity index (χ0n) is 13.9. The Morgan fingerprint density at radius 1 is 1.36 bits per heavy atom. The molecule has 0 radical (unpaired) electrons. The molecule has 1 aromatic rings. The van der Waals surface area contributed by atoms with Crippen molar-refractivity contribution in [2.75, 3.05) is 38.2 Å². The van der Waals surface area contributed by atoms with Crippen LogP contribution >= 0.6 is 0 Å². The van der Waals surface area contributed by atoms with Crippen molar-refractivity contribution in [3.63, 3.8) is 0 Å². The van der Waals surface area contributed by atoms with Crippen LogP contribution in [-0.4, -0.2) is 51.1 Å². The number of likely N-dealkylation sites (tertiary alicyclic amines) is 1. The summed E-state index contributed by atoms with van der Waals surface area (Å²) < 4.78 is 35.0. The van der Waals surface area contributed by atoms with Gasteiger partial charge < -0.3 is 10.2 Å². The van der Waals surface area contributed by atoms with Gasteiger partial charge in [0.15, 0.2) is 0 Å². The van der Waals surface area contributed by atoms with Crippen LogP contribution < -0.4 is 10.5 Å². The first kappa shape index (κ1) is 19.5. The van der Waals surface area contributed by atoms with E-state index < -0.39 is 14.9 Å². The summed E-state index contributed by atoms with van der Waals surface area (Å²) >= 11 is 0. The van der Waals surface area contributed by atoms with Gasteiger partial charge in [-0.25, -0.2) is 17.9 Å². The average Bonchev–Trinajstić information content (AvgIpc) is 2.56. The number of nitrogens with two attached hydrogens (primary N) is 1. The topological polar surface area (TPSA) is 119 Å². The summed E-state index contributed by atoms with van der Waals surface area (Å²) in [6.45, 7) is 2.44. The van der Waals surface area contributed by atoms with Crippen LogP contribution in [0.2, 0.25) is 0 Å². The molecule has 0 unspecified atom stereocenters. The molecule has 1 aliphatic heterocycles. The largest absolute Gasteiger partial charge is 0.379 e. The summed E-state index contributed by atoms with van der Waals surface area (Å²) in [4.78, 5) is 12.3. The molecule has 8 nitrogen and oxygen atoms in total. The molecular formula is C15H23FN4O4S. The van der Waals surface area contributed by atoms with E-state index in [2.05, 4.69) is 10.2 Å². The second kappa shape index (κ2) is 8.54. The second-order valence-electron chi connectivity index (χ2n) is 6.17. The van der Waals surface area contributed by atoms with Gasteiger partial charge in [0.1, 0.15) is 12.4 Å². The van der Waals surface area contributed by atoms with Crippen LogP contribution in [-0.2, 0) is 10.0 Å². The zero-order valence-corrected chi connectivity index (χ0v) is 14.7. The van der Waals surface area contributed by atoms with Crippen LogP contribution in [0.25, 0.3) is 0 Å². The van der Waals surface area contributed by atoms with Crippen molar-refractivity contribution in [3.8, 4) is 0 Å². The number of benzene rings is 1. The van der Waals surface area contributed by atoms with Crippen molar-refractivity contribution in [3.05, 3.63) is 28.3 Å². The molecule has 140 valence electrons.